The van der Waals surface area contributed by atoms with E-state index in [0.29, 0.717) is 16.3 Å². The van der Waals surface area contributed by atoms with Gasteiger partial charge in [0, 0.05) is 22.8 Å². The zero-order chi connectivity index (χ0) is 18.8. The molecule has 9 heteroatoms. The number of halogens is 3. The number of hydrogen-bond acceptors (Lipinski definition) is 4. The van der Waals surface area contributed by atoms with Gasteiger partial charge >= 0.3 is 0 Å². The maximum absolute atomic E-state index is 12.3. The molecule has 0 aliphatic heterocycles. The number of amides is 1. The van der Waals surface area contributed by atoms with E-state index in [2.05, 4.69) is 15.5 Å². The number of nitrogens with one attached hydrogen (secondary N) is 2. The monoisotopic (exact) mass is 411 g/mol. The Morgan fingerprint density at radius 3 is 2.58 bits per heavy atom. The lowest BCUT2D eigenvalue weighted by atomic mass is 10.2. The molecule has 0 fully saturated rings. The summed E-state index contributed by atoms with van der Waals surface area (Å²) in [6, 6.07) is 7.33. The Hall–Kier alpha value is -2.41. The Bertz CT molecular complexity index is 989. The van der Waals surface area contributed by atoms with Crippen LogP contribution in [-0.2, 0) is 0 Å². The van der Waals surface area contributed by atoms with Crippen molar-refractivity contribution in [1.82, 2.24) is 10.2 Å². The average molecular weight is 413 g/mol. The van der Waals surface area contributed by atoms with Crippen LogP contribution >= 0.6 is 34.8 Å². The summed E-state index contributed by atoms with van der Waals surface area (Å²) in [4.78, 5) is 12.3. The van der Waals surface area contributed by atoms with Gasteiger partial charge in [-0.3, -0.25) is 9.89 Å². The van der Waals surface area contributed by atoms with Gasteiger partial charge in [0.1, 0.15) is 5.75 Å². The molecule has 1 heterocycles. The molecule has 6 nitrogen and oxygen atoms in total. The van der Waals surface area contributed by atoms with E-state index < -0.39 is 5.91 Å². The second kappa shape index (κ2) is 7.45. The van der Waals surface area contributed by atoms with E-state index in [1.165, 1.54) is 24.4 Å². The molecule has 0 saturated carbocycles. The number of aryl methyl sites for hydroxylation is 1. The Balaban J connectivity index is 1.89. The number of aromatic hydroxyl groups is 1. The third-order valence-electron chi connectivity index (χ3n) is 3.49. The third-order valence-corrected chi connectivity index (χ3v) is 4.33. The van der Waals surface area contributed by atoms with Crippen molar-refractivity contribution < 1.29 is 14.6 Å². The molecule has 3 aromatic rings. The minimum absolute atomic E-state index is 0.0674. The second-order valence-electron chi connectivity index (χ2n) is 5.34. The Labute approximate surface area is 163 Å². The van der Waals surface area contributed by atoms with Gasteiger partial charge in [-0.15, -0.1) is 0 Å². The fraction of sp³-hybridized carbons (Fsp3) is 0.0588. The topological polar surface area (TPSA) is 87.2 Å². The third kappa shape index (κ3) is 3.88. The highest BCUT2D eigenvalue weighted by Crippen LogP contribution is 2.40. The first-order valence-electron chi connectivity index (χ1n) is 7.32. The van der Waals surface area contributed by atoms with Crippen LogP contribution in [0.25, 0.3) is 0 Å². The van der Waals surface area contributed by atoms with Gasteiger partial charge in [0.25, 0.3) is 5.91 Å². The van der Waals surface area contributed by atoms with E-state index >= 15 is 0 Å². The van der Waals surface area contributed by atoms with Gasteiger partial charge in [-0.1, -0.05) is 34.8 Å². The van der Waals surface area contributed by atoms with Crippen molar-refractivity contribution in [2.75, 3.05) is 5.32 Å². The number of anilines is 1. The molecule has 0 spiro atoms. The number of H-pyrrole nitrogens is 1. The standard InChI is InChI=1S/C17H12Cl3N3O3/c1-8-10(7-21-23-8)17(25)22-13-6-16(14(24)5-11(13)19)26-15-3-2-9(18)4-12(15)20/h2-7,24H,1H3,(H,21,23)(H,22,25). The van der Waals surface area contributed by atoms with Gasteiger partial charge in [-0.2, -0.15) is 5.10 Å². The van der Waals surface area contributed by atoms with Crippen LogP contribution in [0.1, 0.15) is 16.1 Å². The number of benzene rings is 2. The first-order valence-corrected chi connectivity index (χ1v) is 8.45. The molecule has 0 atom stereocenters. The van der Waals surface area contributed by atoms with Crippen LogP contribution < -0.4 is 10.1 Å². The van der Waals surface area contributed by atoms with E-state index in [-0.39, 0.29) is 33.0 Å². The molecule has 3 rings (SSSR count). The number of aromatic amines is 1. The molecule has 0 bridgehead atoms. The number of carbonyl (C=O) groups is 1. The number of hydrogen-bond donors (Lipinski definition) is 3. The molecule has 0 saturated heterocycles. The van der Waals surface area contributed by atoms with Crippen LogP contribution in [0.15, 0.2) is 36.5 Å². The van der Waals surface area contributed by atoms with Gasteiger partial charge in [0.2, 0.25) is 0 Å². The predicted octanol–water partition coefficient (Wildman–Crippen LogP) is 5.43. The normalized spacial score (nSPS) is 10.6. The maximum atomic E-state index is 12.3. The largest absolute Gasteiger partial charge is 0.504 e. The Morgan fingerprint density at radius 1 is 1.15 bits per heavy atom. The van der Waals surface area contributed by atoms with Crippen LogP contribution in [0.5, 0.6) is 17.2 Å². The molecule has 1 amide bonds. The number of ether oxygens (including phenoxy) is 1. The summed E-state index contributed by atoms with van der Waals surface area (Å²) < 4.78 is 5.62. The number of nitrogens with zero attached hydrogens (tertiary/aromatic N) is 1. The van der Waals surface area contributed by atoms with E-state index in [4.69, 9.17) is 39.5 Å². The van der Waals surface area contributed by atoms with Crippen molar-refractivity contribution in [3.05, 3.63) is 62.9 Å². The van der Waals surface area contributed by atoms with Crippen molar-refractivity contribution in [1.29, 1.82) is 0 Å². The van der Waals surface area contributed by atoms with Crippen molar-refractivity contribution >= 4 is 46.4 Å². The number of phenolic OH excluding ortho intramolecular Hbond substituents is 1. The van der Waals surface area contributed by atoms with Crippen molar-refractivity contribution in [3.8, 4) is 17.2 Å². The lowest BCUT2D eigenvalue weighted by Gasteiger charge is -2.13. The molecule has 0 aliphatic rings. The molecular weight excluding hydrogens is 401 g/mol. The summed E-state index contributed by atoms with van der Waals surface area (Å²) in [6.07, 6.45) is 1.41. The predicted molar refractivity (Wildman–Crippen MR) is 101 cm³/mol. The summed E-state index contributed by atoms with van der Waals surface area (Å²) in [5, 5.41) is 20.1. The number of rotatable bonds is 4. The van der Waals surface area contributed by atoms with Gasteiger partial charge in [0.05, 0.1) is 27.5 Å². The number of carbonyl (C=O) groups excluding carboxylic acids is 1. The Morgan fingerprint density at radius 2 is 1.92 bits per heavy atom. The van der Waals surface area contributed by atoms with E-state index in [0.717, 1.165) is 0 Å². The summed E-state index contributed by atoms with van der Waals surface area (Å²) >= 11 is 18.0. The second-order valence-corrected chi connectivity index (χ2v) is 6.59. The highest BCUT2D eigenvalue weighted by molar-refractivity contribution is 6.35. The number of aromatic nitrogens is 2. The van der Waals surface area contributed by atoms with Crippen LogP contribution in [0.4, 0.5) is 5.69 Å². The molecule has 3 N–H and O–H groups in total. The number of phenols is 1. The minimum atomic E-state index is -0.403. The van der Waals surface area contributed by atoms with Crippen molar-refractivity contribution in [2.24, 2.45) is 0 Å². The molecule has 134 valence electrons. The van der Waals surface area contributed by atoms with Gasteiger partial charge in [0.15, 0.2) is 11.5 Å². The van der Waals surface area contributed by atoms with Gasteiger partial charge < -0.3 is 15.2 Å². The molecule has 0 radical (unpaired) electrons. The SMILES string of the molecule is Cc1[nH]ncc1C(=O)Nc1cc(Oc2ccc(Cl)cc2Cl)c(O)cc1Cl. The maximum Gasteiger partial charge on any atom is 0.259 e. The summed E-state index contributed by atoms with van der Waals surface area (Å²) in [5.74, 6) is -0.257. The average Bonchev–Trinajstić information content (AvgIpc) is 3.00. The molecule has 2 aromatic carbocycles. The Kier molecular flexibility index (Phi) is 5.27. The quantitative estimate of drug-likeness (QED) is 0.499. The highest BCUT2D eigenvalue weighted by atomic mass is 35.5. The van der Waals surface area contributed by atoms with Crippen molar-refractivity contribution in [3.63, 3.8) is 0 Å². The first kappa shape index (κ1) is 18.4. The lowest BCUT2D eigenvalue weighted by molar-refractivity contribution is 0.102. The van der Waals surface area contributed by atoms with Crippen LogP contribution in [0.3, 0.4) is 0 Å². The van der Waals surface area contributed by atoms with Crippen molar-refractivity contribution in [2.45, 2.75) is 6.92 Å². The summed E-state index contributed by atoms with van der Waals surface area (Å²) in [6.45, 7) is 1.72. The van der Waals surface area contributed by atoms with E-state index in [1.54, 1.807) is 19.1 Å². The molecule has 26 heavy (non-hydrogen) atoms. The fourth-order valence-corrected chi connectivity index (χ4v) is 2.82. The first-order chi connectivity index (χ1) is 12.3. The van der Waals surface area contributed by atoms with Crippen LogP contribution in [0.2, 0.25) is 15.1 Å². The molecular formula is C17H12Cl3N3O3. The van der Waals surface area contributed by atoms with E-state index in [1.807, 2.05) is 0 Å². The lowest BCUT2D eigenvalue weighted by Crippen LogP contribution is -2.12. The van der Waals surface area contributed by atoms with Gasteiger partial charge in [-0.05, 0) is 25.1 Å². The summed E-state index contributed by atoms with van der Waals surface area (Å²) in [7, 11) is 0. The minimum Gasteiger partial charge on any atom is -0.504 e. The van der Waals surface area contributed by atoms with Crippen LogP contribution in [0, 0.1) is 6.92 Å². The van der Waals surface area contributed by atoms with Crippen LogP contribution in [-0.4, -0.2) is 21.2 Å². The zero-order valence-corrected chi connectivity index (χ0v) is 15.6. The smallest absolute Gasteiger partial charge is 0.259 e. The zero-order valence-electron chi connectivity index (χ0n) is 13.3. The summed E-state index contributed by atoms with van der Waals surface area (Å²) in [5.41, 5.74) is 1.24. The molecule has 1 aromatic heterocycles. The molecule has 0 aliphatic carbocycles. The molecule has 0 unspecified atom stereocenters. The van der Waals surface area contributed by atoms with Gasteiger partial charge in [-0.25, -0.2) is 0 Å². The van der Waals surface area contributed by atoms with E-state index in [9.17, 15) is 9.90 Å². The highest BCUT2D eigenvalue weighted by Gasteiger charge is 2.16. The fourth-order valence-electron chi connectivity index (χ4n) is 2.17.